The van der Waals surface area contributed by atoms with Gasteiger partial charge in [0.1, 0.15) is 36.1 Å². The van der Waals surface area contributed by atoms with Crippen LogP contribution >= 0.6 is 0 Å². The molecule has 5 aromatic rings. The molecule has 55 heavy (non-hydrogen) atoms. The van der Waals surface area contributed by atoms with E-state index in [1.807, 2.05) is 30.3 Å². The molecule has 17 heteroatoms. The Morgan fingerprint density at radius 2 is 1.36 bits per heavy atom. The van der Waals surface area contributed by atoms with Crippen LogP contribution in [0.25, 0.3) is 44.8 Å². The highest BCUT2D eigenvalue weighted by molar-refractivity contribution is 6.07. The lowest BCUT2D eigenvalue weighted by Gasteiger charge is -2.34. The Bertz CT molecular complexity index is 2060. The minimum Gasteiger partial charge on any atom is -0.508 e. The molecule has 0 unspecified atom stereocenters. The van der Waals surface area contributed by atoms with Crippen LogP contribution < -0.4 is 15.5 Å². The number of aliphatic carboxylic acids is 1. The fraction of sp³-hybridized carbons (Fsp3) is 0.395. The summed E-state index contributed by atoms with van der Waals surface area (Å²) in [5.41, 5.74) is 6.00. The number of nitrogens with zero attached hydrogens (tertiary/aromatic N) is 4. The number of hydrogen-bond acceptors (Lipinski definition) is 12. The number of carbonyl (C=O) groups excluding carboxylic acids is 2. The third kappa shape index (κ3) is 11.0. The summed E-state index contributed by atoms with van der Waals surface area (Å²) >= 11 is 0. The monoisotopic (exact) mass is 758 g/mol. The van der Waals surface area contributed by atoms with Crippen molar-refractivity contribution in [3.63, 3.8) is 0 Å². The average Bonchev–Trinajstić information content (AvgIpc) is 3.81. The van der Waals surface area contributed by atoms with E-state index in [1.165, 1.54) is 0 Å². The van der Waals surface area contributed by atoms with Crippen molar-refractivity contribution in [1.29, 1.82) is 0 Å². The highest BCUT2D eigenvalue weighted by Gasteiger charge is 2.21. The summed E-state index contributed by atoms with van der Waals surface area (Å²) in [7, 11) is 2.10. The van der Waals surface area contributed by atoms with Gasteiger partial charge in [0, 0.05) is 56.1 Å². The fourth-order valence-corrected chi connectivity index (χ4v) is 5.98. The highest BCUT2D eigenvalue weighted by atomic mass is 16.5. The van der Waals surface area contributed by atoms with E-state index in [1.54, 1.807) is 24.3 Å². The lowest BCUT2D eigenvalue weighted by molar-refractivity contribution is -0.142. The van der Waals surface area contributed by atoms with E-state index >= 15 is 0 Å². The number of aromatic amines is 2. The number of fused-ring (bicyclic) bond motifs is 2. The molecule has 0 aliphatic carbocycles. The van der Waals surface area contributed by atoms with E-state index in [-0.39, 0.29) is 83.5 Å². The second kappa shape index (κ2) is 19.1. The number of ether oxygens (including phenoxy) is 4. The molecule has 0 saturated carbocycles. The first-order valence-corrected chi connectivity index (χ1v) is 18.1. The van der Waals surface area contributed by atoms with Gasteiger partial charge in [-0.15, -0.1) is 0 Å². The number of H-pyrrole nitrogens is 2. The summed E-state index contributed by atoms with van der Waals surface area (Å²) < 4.78 is 21.1. The number of aromatic hydroxyl groups is 1. The number of rotatable bonds is 20. The second-order valence-electron chi connectivity index (χ2n) is 13.0. The van der Waals surface area contributed by atoms with Crippen LogP contribution in [0.4, 0.5) is 5.69 Å². The topological polar surface area (TPSA) is 216 Å². The molecule has 1 saturated heterocycles. The molecule has 3 aromatic carbocycles. The van der Waals surface area contributed by atoms with E-state index in [9.17, 15) is 19.5 Å². The van der Waals surface area contributed by atoms with Crippen molar-refractivity contribution in [2.45, 2.75) is 0 Å². The van der Waals surface area contributed by atoms with Crippen LogP contribution in [0.1, 0.15) is 10.4 Å². The van der Waals surface area contributed by atoms with E-state index in [0.29, 0.717) is 22.7 Å². The smallest absolute Gasteiger partial charge is 0.329 e. The second-order valence-corrected chi connectivity index (χ2v) is 13.0. The number of carboxylic acid groups (broad SMARTS) is 1. The quantitative estimate of drug-likeness (QED) is 0.0629. The maximum Gasteiger partial charge on any atom is 0.329 e. The van der Waals surface area contributed by atoms with Crippen LogP contribution in [-0.2, 0) is 28.5 Å². The Morgan fingerprint density at radius 1 is 0.727 bits per heavy atom. The summed E-state index contributed by atoms with van der Waals surface area (Å²) in [5.74, 6) is -0.119. The van der Waals surface area contributed by atoms with Crippen LogP contribution in [0.5, 0.6) is 5.75 Å². The summed E-state index contributed by atoms with van der Waals surface area (Å²) in [5, 5.41) is 23.8. The predicted octanol–water partition coefficient (Wildman–Crippen LogP) is 2.23. The molecule has 3 heterocycles. The number of amides is 2. The molecular formula is C38H46N8O9. The van der Waals surface area contributed by atoms with E-state index in [0.717, 1.165) is 59.5 Å². The summed E-state index contributed by atoms with van der Waals surface area (Å²) in [4.78, 5) is 56.9. The lowest BCUT2D eigenvalue weighted by atomic mass is 10.1. The number of carbonyl (C=O) groups is 3. The first-order chi connectivity index (χ1) is 26.7. The first kappa shape index (κ1) is 39.1. The Labute approximate surface area is 316 Å². The molecule has 292 valence electrons. The van der Waals surface area contributed by atoms with Crippen LogP contribution in [0, 0.1) is 0 Å². The van der Waals surface area contributed by atoms with Gasteiger partial charge in [0.2, 0.25) is 5.91 Å². The van der Waals surface area contributed by atoms with Gasteiger partial charge in [-0.25, -0.2) is 14.8 Å². The largest absolute Gasteiger partial charge is 0.508 e. The summed E-state index contributed by atoms with van der Waals surface area (Å²) in [6.45, 7) is 4.87. The van der Waals surface area contributed by atoms with Gasteiger partial charge in [-0.3, -0.25) is 9.59 Å². The number of likely N-dealkylation sites (N-methyl/N-ethyl adjacent to an activating group) is 1. The van der Waals surface area contributed by atoms with Crippen molar-refractivity contribution < 1.29 is 43.5 Å². The number of piperazine rings is 1. The maximum atomic E-state index is 13.7. The zero-order valence-corrected chi connectivity index (χ0v) is 30.6. The molecule has 1 aliphatic heterocycles. The molecule has 2 amide bonds. The van der Waals surface area contributed by atoms with Crippen molar-refractivity contribution in [1.82, 2.24) is 35.5 Å². The van der Waals surface area contributed by atoms with Gasteiger partial charge < -0.3 is 59.6 Å². The molecule has 0 bridgehead atoms. The number of imidazole rings is 2. The maximum absolute atomic E-state index is 13.7. The Kier molecular flexibility index (Phi) is 13.6. The highest BCUT2D eigenvalue weighted by Crippen LogP contribution is 2.31. The normalized spacial score (nSPS) is 13.4. The summed E-state index contributed by atoms with van der Waals surface area (Å²) in [6, 6.07) is 16.6. The number of nitrogens with one attached hydrogen (secondary N) is 4. The van der Waals surface area contributed by atoms with Gasteiger partial charge in [0.25, 0.3) is 5.91 Å². The standard InChI is InChI=1S/C38H46N8O9/c1-45-10-12-46(13-11-45)27-21-29(38(51)40-9-15-53-16-18-54-23-33(48)39-8-14-52-17-19-55-24-34(49)50)35-32(22-27)43-37(44-35)26-4-7-30-31(20-26)42-36(41-30)25-2-5-28(47)6-3-25/h2-7,20-22,47H,8-19,23-24H2,1H3,(H,39,48)(H,40,51)(H,41,42)(H,43,44)(H,49,50). The third-order valence-corrected chi connectivity index (χ3v) is 8.88. The zero-order chi connectivity index (χ0) is 38.6. The number of carboxylic acids is 1. The fourth-order valence-electron chi connectivity index (χ4n) is 5.98. The minimum absolute atomic E-state index is 0.135. The molecule has 0 radical (unpaired) electrons. The van der Waals surface area contributed by atoms with Gasteiger partial charge >= 0.3 is 5.97 Å². The molecule has 6 rings (SSSR count). The molecule has 1 aliphatic rings. The first-order valence-electron chi connectivity index (χ1n) is 18.1. The van der Waals surface area contributed by atoms with Crippen LogP contribution in [0.2, 0.25) is 0 Å². The van der Waals surface area contributed by atoms with Crippen molar-refractivity contribution in [3.05, 3.63) is 60.2 Å². The van der Waals surface area contributed by atoms with Crippen LogP contribution in [0.3, 0.4) is 0 Å². The molecule has 1 fully saturated rings. The average molecular weight is 759 g/mol. The third-order valence-electron chi connectivity index (χ3n) is 8.88. The minimum atomic E-state index is -1.04. The number of benzene rings is 3. The Hall–Kier alpha value is -5.59. The number of aromatic nitrogens is 4. The van der Waals surface area contributed by atoms with Crippen molar-refractivity contribution in [3.8, 4) is 28.5 Å². The van der Waals surface area contributed by atoms with Crippen LogP contribution in [0.15, 0.2) is 54.6 Å². The Balaban J connectivity index is 1.01. The number of anilines is 1. The molecule has 17 nitrogen and oxygen atoms in total. The van der Waals surface area contributed by atoms with Gasteiger partial charge in [-0.1, -0.05) is 0 Å². The van der Waals surface area contributed by atoms with Gasteiger partial charge in [0.05, 0.1) is 61.8 Å². The Morgan fingerprint density at radius 3 is 2.09 bits per heavy atom. The lowest BCUT2D eigenvalue weighted by Crippen LogP contribution is -2.44. The number of phenolic OH excluding ortho intramolecular Hbond substituents is 1. The van der Waals surface area contributed by atoms with Gasteiger partial charge in [-0.05, 0) is 61.6 Å². The van der Waals surface area contributed by atoms with Crippen molar-refractivity contribution in [2.75, 3.05) is 104 Å². The van der Waals surface area contributed by atoms with Gasteiger partial charge in [0.15, 0.2) is 0 Å². The van der Waals surface area contributed by atoms with Crippen LogP contribution in [-0.4, -0.2) is 152 Å². The molecule has 2 aromatic heterocycles. The molecule has 6 N–H and O–H groups in total. The molecule has 0 spiro atoms. The predicted molar refractivity (Wildman–Crippen MR) is 204 cm³/mol. The summed E-state index contributed by atoms with van der Waals surface area (Å²) in [6.07, 6.45) is 0. The molecule has 0 atom stereocenters. The van der Waals surface area contributed by atoms with Crippen molar-refractivity contribution >= 4 is 45.5 Å². The zero-order valence-electron chi connectivity index (χ0n) is 30.6. The van der Waals surface area contributed by atoms with Crippen molar-refractivity contribution in [2.24, 2.45) is 0 Å². The number of phenols is 1. The molecular weight excluding hydrogens is 712 g/mol. The SMILES string of the molecule is CN1CCN(c2cc(C(=O)NCCOCCOCC(=O)NCCOCCOCC(=O)O)c3nc(-c4ccc5nc(-c6ccc(O)cc6)[nH]c5c4)[nH]c3c2)CC1. The van der Waals surface area contributed by atoms with Gasteiger partial charge in [-0.2, -0.15) is 0 Å². The van der Waals surface area contributed by atoms with E-state index in [4.69, 9.17) is 34.0 Å². The van der Waals surface area contributed by atoms with E-state index < -0.39 is 5.97 Å². The van der Waals surface area contributed by atoms with E-state index in [2.05, 4.69) is 37.4 Å². The number of hydrogen-bond donors (Lipinski definition) is 6.